The highest BCUT2D eigenvalue weighted by atomic mass is 14.6. The van der Waals surface area contributed by atoms with E-state index in [9.17, 15) is 0 Å². The van der Waals surface area contributed by atoms with E-state index in [2.05, 4.69) is 25.1 Å². The minimum Gasteiger partial charge on any atom is -0.324 e. The molecule has 1 aromatic carbocycles. The molecule has 17 heavy (non-hydrogen) atoms. The van der Waals surface area contributed by atoms with Crippen LogP contribution in [0.2, 0.25) is 0 Å². The molecule has 0 amide bonds. The van der Waals surface area contributed by atoms with Crippen LogP contribution < -0.4 is 5.73 Å². The van der Waals surface area contributed by atoms with Crippen LogP contribution in [0.15, 0.2) is 18.2 Å². The third-order valence-corrected chi connectivity index (χ3v) is 3.92. The predicted molar refractivity (Wildman–Crippen MR) is 74.2 cm³/mol. The van der Waals surface area contributed by atoms with Crippen molar-refractivity contribution in [1.29, 1.82) is 0 Å². The van der Waals surface area contributed by atoms with Gasteiger partial charge in [0.25, 0.3) is 0 Å². The van der Waals surface area contributed by atoms with E-state index in [1.807, 2.05) is 0 Å². The Morgan fingerprint density at radius 1 is 1.12 bits per heavy atom. The summed E-state index contributed by atoms with van der Waals surface area (Å²) in [5.74, 6) is 0. The van der Waals surface area contributed by atoms with Crippen LogP contribution in [0, 0.1) is 0 Å². The van der Waals surface area contributed by atoms with Gasteiger partial charge < -0.3 is 5.73 Å². The van der Waals surface area contributed by atoms with E-state index in [1.165, 1.54) is 50.5 Å². The molecular formula is C16H25N. The molecule has 0 fully saturated rings. The molecule has 1 atom stereocenters. The molecule has 1 aliphatic rings. The quantitative estimate of drug-likeness (QED) is 0.757. The Balaban J connectivity index is 2.00. The lowest BCUT2D eigenvalue weighted by atomic mass is 9.88. The number of unbranched alkanes of at least 4 members (excludes halogenated alkanes) is 2. The summed E-state index contributed by atoms with van der Waals surface area (Å²) in [6.07, 6.45) is 10.2. The fourth-order valence-electron chi connectivity index (χ4n) is 2.76. The first-order valence-electron chi connectivity index (χ1n) is 7.18. The van der Waals surface area contributed by atoms with Crippen LogP contribution in [-0.2, 0) is 12.8 Å². The Kier molecular flexibility index (Phi) is 4.61. The Morgan fingerprint density at radius 2 is 1.88 bits per heavy atom. The van der Waals surface area contributed by atoms with Crippen LogP contribution >= 0.6 is 0 Å². The first-order valence-corrected chi connectivity index (χ1v) is 7.18. The van der Waals surface area contributed by atoms with Gasteiger partial charge in [-0.15, -0.1) is 0 Å². The van der Waals surface area contributed by atoms with E-state index in [1.54, 1.807) is 11.1 Å². The highest BCUT2D eigenvalue weighted by molar-refractivity contribution is 5.35. The van der Waals surface area contributed by atoms with Crippen molar-refractivity contribution in [3.8, 4) is 0 Å². The van der Waals surface area contributed by atoms with Crippen LogP contribution in [0.3, 0.4) is 0 Å². The minimum atomic E-state index is 0.244. The molecule has 0 aromatic heterocycles. The molecule has 0 saturated heterocycles. The normalized spacial score (nSPS) is 16.6. The van der Waals surface area contributed by atoms with Crippen LogP contribution in [0.4, 0.5) is 0 Å². The van der Waals surface area contributed by atoms with Crippen molar-refractivity contribution in [2.24, 2.45) is 5.73 Å². The summed E-state index contributed by atoms with van der Waals surface area (Å²) < 4.78 is 0. The summed E-state index contributed by atoms with van der Waals surface area (Å²) in [5.41, 5.74) is 10.7. The Labute approximate surface area is 105 Å². The number of nitrogens with two attached hydrogens (primary N) is 1. The fraction of sp³-hybridized carbons (Fsp3) is 0.625. The van der Waals surface area contributed by atoms with Crippen molar-refractivity contribution in [1.82, 2.24) is 0 Å². The first kappa shape index (κ1) is 12.6. The van der Waals surface area contributed by atoms with E-state index in [0.717, 1.165) is 6.42 Å². The molecule has 1 aromatic rings. The number of hydrogen-bond donors (Lipinski definition) is 1. The maximum Gasteiger partial charge on any atom is 0.0294 e. The molecule has 1 unspecified atom stereocenters. The van der Waals surface area contributed by atoms with Crippen molar-refractivity contribution in [2.75, 3.05) is 0 Å². The van der Waals surface area contributed by atoms with Crippen molar-refractivity contribution >= 4 is 0 Å². The molecule has 0 heterocycles. The zero-order chi connectivity index (χ0) is 12.1. The second-order valence-electron chi connectivity index (χ2n) is 5.34. The smallest absolute Gasteiger partial charge is 0.0294 e. The molecule has 0 saturated carbocycles. The van der Waals surface area contributed by atoms with Gasteiger partial charge >= 0.3 is 0 Å². The van der Waals surface area contributed by atoms with Crippen LogP contribution in [0.25, 0.3) is 0 Å². The van der Waals surface area contributed by atoms with Crippen LogP contribution in [0.1, 0.15) is 68.2 Å². The van der Waals surface area contributed by atoms with E-state index in [0.29, 0.717) is 0 Å². The Hall–Kier alpha value is -0.820. The van der Waals surface area contributed by atoms with E-state index < -0.39 is 0 Å². The molecule has 94 valence electrons. The average Bonchev–Trinajstić information content (AvgIpc) is 2.38. The molecule has 0 radical (unpaired) electrons. The lowest BCUT2D eigenvalue weighted by molar-refractivity contribution is 0.579. The van der Waals surface area contributed by atoms with Crippen LogP contribution in [-0.4, -0.2) is 0 Å². The van der Waals surface area contributed by atoms with Crippen molar-refractivity contribution in [2.45, 2.75) is 64.3 Å². The maximum atomic E-state index is 6.27. The van der Waals surface area contributed by atoms with Gasteiger partial charge in [0.1, 0.15) is 0 Å². The average molecular weight is 231 g/mol. The molecule has 2 N–H and O–H groups in total. The topological polar surface area (TPSA) is 26.0 Å². The summed E-state index contributed by atoms with van der Waals surface area (Å²) in [7, 11) is 0. The van der Waals surface area contributed by atoms with Gasteiger partial charge in [-0.3, -0.25) is 0 Å². The standard InChI is InChI=1S/C16H25N/c1-2-3-4-9-16(17)15-11-10-13-7-5-6-8-14(13)12-15/h10-12,16H,2-9,17H2,1H3. The summed E-state index contributed by atoms with van der Waals surface area (Å²) in [6.45, 7) is 2.24. The number of aryl methyl sites for hydroxylation is 2. The van der Waals surface area contributed by atoms with Crippen molar-refractivity contribution in [3.63, 3.8) is 0 Å². The molecule has 0 aliphatic heterocycles. The first-order chi connectivity index (χ1) is 8.31. The summed E-state index contributed by atoms with van der Waals surface area (Å²) in [5, 5.41) is 0. The number of hydrogen-bond acceptors (Lipinski definition) is 1. The third-order valence-electron chi connectivity index (χ3n) is 3.92. The SMILES string of the molecule is CCCCCC(N)c1ccc2c(c1)CCCC2. The lowest BCUT2D eigenvalue weighted by Crippen LogP contribution is -2.12. The fourth-order valence-corrected chi connectivity index (χ4v) is 2.76. The van der Waals surface area contributed by atoms with Gasteiger partial charge in [-0.2, -0.15) is 0 Å². The van der Waals surface area contributed by atoms with E-state index in [-0.39, 0.29) is 6.04 Å². The van der Waals surface area contributed by atoms with E-state index >= 15 is 0 Å². The second-order valence-corrected chi connectivity index (χ2v) is 5.34. The van der Waals surface area contributed by atoms with Gasteiger partial charge in [0.05, 0.1) is 0 Å². The third kappa shape index (κ3) is 3.32. The number of rotatable bonds is 5. The molecular weight excluding hydrogens is 206 g/mol. The van der Waals surface area contributed by atoms with Gasteiger partial charge in [-0.05, 0) is 48.8 Å². The van der Waals surface area contributed by atoms with Crippen molar-refractivity contribution in [3.05, 3.63) is 34.9 Å². The summed E-state index contributed by atoms with van der Waals surface area (Å²) in [6, 6.07) is 7.17. The monoisotopic (exact) mass is 231 g/mol. The molecule has 2 rings (SSSR count). The molecule has 0 bridgehead atoms. The van der Waals surface area contributed by atoms with Crippen molar-refractivity contribution < 1.29 is 0 Å². The lowest BCUT2D eigenvalue weighted by Gasteiger charge is -2.19. The summed E-state index contributed by atoms with van der Waals surface area (Å²) in [4.78, 5) is 0. The predicted octanol–water partition coefficient (Wildman–Crippen LogP) is 4.15. The van der Waals surface area contributed by atoms with Gasteiger partial charge in [-0.25, -0.2) is 0 Å². The largest absolute Gasteiger partial charge is 0.324 e. The molecule has 1 aliphatic carbocycles. The van der Waals surface area contributed by atoms with E-state index in [4.69, 9.17) is 5.73 Å². The van der Waals surface area contributed by atoms with Gasteiger partial charge in [-0.1, -0.05) is 44.4 Å². The Bertz CT molecular complexity index is 357. The highest BCUT2D eigenvalue weighted by Gasteiger charge is 2.12. The zero-order valence-corrected chi connectivity index (χ0v) is 11.0. The highest BCUT2D eigenvalue weighted by Crippen LogP contribution is 2.25. The second kappa shape index (κ2) is 6.20. The van der Waals surface area contributed by atoms with Gasteiger partial charge in [0.2, 0.25) is 0 Å². The zero-order valence-electron chi connectivity index (χ0n) is 11.0. The molecule has 1 nitrogen and oxygen atoms in total. The Morgan fingerprint density at radius 3 is 2.65 bits per heavy atom. The van der Waals surface area contributed by atoms with Gasteiger partial charge in [0.15, 0.2) is 0 Å². The molecule has 0 spiro atoms. The van der Waals surface area contributed by atoms with Crippen LogP contribution in [0.5, 0.6) is 0 Å². The number of fused-ring (bicyclic) bond motifs is 1. The summed E-state index contributed by atoms with van der Waals surface area (Å²) >= 11 is 0. The minimum absolute atomic E-state index is 0.244. The number of benzene rings is 1. The van der Waals surface area contributed by atoms with Gasteiger partial charge in [0, 0.05) is 6.04 Å². The molecule has 1 heteroatoms. The maximum absolute atomic E-state index is 6.27.